The molecule has 3 amide bonds. The number of urea groups is 1. The van der Waals surface area contributed by atoms with Crippen LogP contribution in [0.15, 0.2) is 29.2 Å². The van der Waals surface area contributed by atoms with Crippen molar-refractivity contribution >= 4 is 41.3 Å². The van der Waals surface area contributed by atoms with E-state index in [0.29, 0.717) is 5.02 Å². The van der Waals surface area contributed by atoms with Crippen LogP contribution in [0.2, 0.25) is 5.02 Å². The Morgan fingerprint density at radius 3 is 2.20 bits per heavy atom. The van der Waals surface area contributed by atoms with Gasteiger partial charge in [-0.1, -0.05) is 11.6 Å². The Morgan fingerprint density at radius 1 is 1.12 bits per heavy atom. The monoisotopic (exact) mass is 386 g/mol. The summed E-state index contributed by atoms with van der Waals surface area (Å²) in [5.41, 5.74) is -0.478. The fourth-order valence-electron chi connectivity index (χ4n) is 1.67. The fourth-order valence-corrected chi connectivity index (χ4v) is 2.65. The van der Waals surface area contributed by atoms with E-state index in [1.54, 1.807) is 52.0 Å². The smallest absolute Gasteiger partial charge is 0.321 e. The molecule has 0 aliphatic rings. The van der Waals surface area contributed by atoms with Gasteiger partial charge in [-0.3, -0.25) is 14.9 Å². The number of halogens is 1. The predicted octanol–water partition coefficient (Wildman–Crippen LogP) is 3.38. The number of rotatable bonds is 5. The molecule has 1 aromatic rings. The second-order valence-electron chi connectivity index (χ2n) is 6.49. The van der Waals surface area contributed by atoms with Gasteiger partial charge >= 0.3 is 12.0 Å². The van der Waals surface area contributed by atoms with Gasteiger partial charge in [-0.2, -0.15) is 0 Å². The summed E-state index contributed by atoms with van der Waals surface area (Å²) in [6.07, 6.45) is -1.08. The summed E-state index contributed by atoms with van der Waals surface area (Å²) in [4.78, 5) is 36.5. The summed E-state index contributed by atoms with van der Waals surface area (Å²) >= 11 is 7.11. The molecule has 1 aromatic carbocycles. The Morgan fingerprint density at radius 2 is 1.68 bits per heavy atom. The molecule has 2 N–H and O–H groups in total. The van der Waals surface area contributed by atoms with Crippen LogP contribution in [0.4, 0.5) is 4.79 Å². The number of nitrogens with one attached hydrogen (secondary N) is 2. The largest absolute Gasteiger partial charge is 0.452 e. The van der Waals surface area contributed by atoms with Crippen molar-refractivity contribution in [3.8, 4) is 0 Å². The molecule has 0 saturated carbocycles. The van der Waals surface area contributed by atoms with E-state index in [1.807, 2.05) is 0 Å². The van der Waals surface area contributed by atoms with Crippen molar-refractivity contribution < 1.29 is 19.1 Å². The number of imide groups is 1. The standard InChI is InChI=1S/C17H23ClN2O4S/c1-10(14(21)19-16(23)20-17(3,4)5)24-15(22)11(2)25-13-8-6-12(18)7-9-13/h6-11H,1-5H3,(H2,19,20,21,23)/t10-,11+/m0/s1. The molecule has 0 spiro atoms. The van der Waals surface area contributed by atoms with Crippen LogP contribution < -0.4 is 10.6 Å². The summed E-state index contributed by atoms with van der Waals surface area (Å²) in [6, 6.07) is 6.41. The molecule has 0 aromatic heterocycles. The molecule has 2 atom stereocenters. The summed E-state index contributed by atoms with van der Waals surface area (Å²) in [5.74, 6) is -1.22. The molecule has 8 heteroatoms. The van der Waals surface area contributed by atoms with E-state index in [1.165, 1.54) is 18.7 Å². The third-order valence-electron chi connectivity index (χ3n) is 2.85. The van der Waals surface area contributed by atoms with Crippen LogP contribution in [-0.2, 0) is 14.3 Å². The molecule has 0 bridgehead atoms. The van der Waals surface area contributed by atoms with Crippen LogP contribution in [-0.4, -0.2) is 34.8 Å². The number of hydrogen-bond acceptors (Lipinski definition) is 5. The lowest BCUT2D eigenvalue weighted by atomic mass is 10.1. The van der Waals surface area contributed by atoms with E-state index >= 15 is 0 Å². The van der Waals surface area contributed by atoms with E-state index < -0.39 is 34.8 Å². The van der Waals surface area contributed by atoms with Crippen molar-refractivity contribution in [1.82, 2.24) is 10.6 Å². The molecule has 1 rings (SSSR count). The zero-order valence-corrected chi connectivity index (χ0v) is 16.5. The number of esters is 1. The average Bonchev–Trinajstić information content (AvgIpc) is 2.47. The van der Waals surface area contributed by atoms with Crippen LogP contribution >= 0.6 is 23.4 Å². The quantitative estimate of drug-likeness (QED) is 0.598. The highest BCUT2D eigenvalue weighted by Crippen LogP contribution is 2.25. The highest BCUT2D eigenvalue weighted by Gasteiger charge is 2.25. The maximum atomic E-state index is 12.1. The molecule has 25 heavy (non-hydrogen) atoms. The number of ether oxygens (including phenoxy) is 1. The predicted molar refractivity (Wildman–Crippen MR) is 98.8 cm³/mol. The van der Waals surface area contributed by atoms with Crippen molar-refractivity contribution in [3.05, 3.63) is 29.3 Å². The lowest BCUT2D eigenvalue weighted by Gasteiger charge is -2.21. The molecule has 0 heterocycles. The van der Waals surface area contributed by atoms with Crippen molar-refractivity contribution in [1.29, 1.82) is 0 Å². The Hall–Kier alpha value is -1.73. The Labute approximate surface area is 157 Å². The molecule has 0 saturated heterocycles. The van der Waals surface area contributed by atoms with E-state index in [2.05, 4.69) is 10.6 Å². The van der Waals surface area contributed by atoms with Crippen LogP contribution in [0.25, 0.3) is 0 Å². The lowest BCUT2D eigenvalue weighted by molar-refractivity contribution is -0.153. The van der Waals surface area contributed by atoms with E-state index in [9.17, 15) is 14.4 Å². The molecule has 0 radical (unpaired) electrons. The van der Waals surface area contributed by atoms with Gasteiger partial charge in [-0.15, -0.1) is 11.8 Å². The third-order valence-corrected chi connectivity index (χ3v) is 4.19. The second-order valence-corrected chi connectivity index (χ2v) is 8.34. The van der Waals surface area contributed by atoms with Gasteiger partial charge in [0.15, 0.2) is 6.10 Å². The highest BCUT2D eigenvalue weighted by molar-refractivity contribution is 8.00. The zero-order chi connectivity index (χ0) is 19.2. The zero-order valence-electron chi connectivity index (χ0n) is 14.9. The van der Waals surface area contributed by atoms with Gasteiger partial charge in [0.25, 0.3) is 5.91 Å². The van der Waals surface area contributed by atoms with Crippen molar-refractivity contribution in [3.63, 3.8) is 0 Å². The lowest BCUT2D eigenvalue weighted by Crippen LogP contribution is -2.50. The van der Waals surface area contributed by atoms with Crippen molar-refractivity contribution in [2.45, 2.75) is 56.4 Å². The second kappa shape index (κ2) is 9.10. The first-order valence-corrected chi connectivity index (χ1v) is 8.99. The summed E-state index contributed by atoms with van der Waals surface area (Å²) < 4.78 is 5.12. The number of carbonyl (C=O) groups is 3. The number of hydrogen-bond donors (Lipinski definition) is 2. The number of amides is 3. The Kier molecular flexibility index (Phi) is 7.76. The van der Waals surface area contributed by atoms with Crippen molar-refractivity contribution in [2.24, 2.45) is 0 Å². The number of benzene rings is 1. The molecule has 0 unspecified atom stereocenters. The fraction of sp³-hybridized carbons (Fsp3) is 0.471. The molecule has 6 nitrogen and oxygen atoms in total. The molecule has 138 valence electrons. The summed E-state index contributed by atoms with van der Waals surface area (Å²) in [5, 5.41) is 4.84. The summed E-state index contributed by atoms with van der Waals surface area (Å²) in [6.45, 7) is 8.46. The maximum absolute atomic E-state index is 12.1. The minimum Gasteiger partial charge on any atom is -0.452 e. The minimum absolute atomic E-state index is 0.478. The summed E-state index contributed by atoms with van der Waals surface area (Å²) in [7, 11) is 0. The van der Waals surface area contributed by atoms with Gasteiger partial charge in [0.05, 0.1) is 0 Å². The third kappa shape index (κ3) is 8.27. The number of carbonyl (C=O) groups excluding carboxylic acids is 3. The normalized spacial score (nSPS) is 13.5. The first-order chi connectivity index (χ1) is 11.5. The van der Waals surface area contributed by atoms with Crippen LogP contribution in [0.1, 0.15) is 34.6 Å². The molecular weight excluding hydrogens is 364 g/mol. The highest BCUT2D eigenvalue weighted by atomic mass is 35.5. The van der Waals surface area contributed by atoms with Gasteiger partial charge < -0.3 is 10.1 Å². The van der Waals surface area contributed by atoms with Gasteiger partial charge in [0.2, 0.25) is 0 Å². The first-order valence-electron chi connectivity index (χ1n) is 7.73. The average molecular weight is 387 g/mol. The van der Waals surface area contributed by atoms with Crippen LogP contribution in [0.5, 0.6) is 0 Å². The van der Waals surface area contributed by atoms with Gasteiger partial charge in [-0.25, -0.2) is 4.79 Å². The molecule has 0 fully saturated rings. The maximum Gasteiger partial charge on any atom is 0.321 e. The Bertz CT molecular complexity index is 629. The molecule has 0 aliphatic carbocycles. The van der Waals surface area contributed by atoms with E-state index in [-0.39, 0.29) is 0 Å². The van der Waals surface area contributed by atoms with Gasteiger partial charge in [0.1, 0.15) is 5.25 Å². The van der Waals surface area contributed by atoms with Gasteiger partial charge in [0, 0.05) is 15.5 Å². The van der Waals surface area contributed by atoms with E-state index in [0.717, 1.165) is 4.90 Å². The van der Waals surface area contributed by atoms with Crippen molar-refractivity contribution in [2.75, 3.05) is 0 Å². The van der Waals surface area contributed by atoms with Crippen LogP contribution in [0.3, 0.4) is 0 Å². The Balaban J connectivity index is 2.50. The molecule has 0 aliphatic heterocycles. The van der Waals surface area contributed by atoms with E-state index in [4.69, 9.17) is 16.3 Å². The van der Waals surface area contributed by atoms with Gasteiger partial charge in [-0.05, 0) is 58.9 Å². The SMILES string of the molecule is C[C@H](OC(=O)[C@@H](C)Sc1ccc(Cl)cc1)C(=O)NC(=O)NC(C)(C)C. The first kappa shape index (κ1) is 21.3. The molecular formula is C17H23ClN2O4S. The number of thioether (sulfide) groups is 1. The van der Waals surface area contributed by atoms with Crippen LogP contribution in [0, 0.1) is 0 Å². The topological polar surface area (TPSA) is 84.5 Å². The minimum atomic E-state index is -1.08.